The van der Waals surface area contributed by atoms with Crippen LogP contribution in [0.4, 0.5) is 5.69 Å². The van der Waals surface area contributed by atoms with Crippen molar-refractivity contribution in [1.29, 1.82) is 0 Å². The molecule has 1 aromatic heterocycles. The van der Waals surface area contributed by atoms with Crippen molar-refractivity contribution in [2.24, 2.45) is 17.6 Å². The van der Waals surface area contributed by atoms with Gasteiger partial charge in [0.05, 0.1) is 6.61 Å². The summed E-state index contributed by atoms with van der Waals surface area (Å²) in [6.45, 7) is 2.99. The molecule has 0 bridgehead atoms. The van der Waals surface area contributed by atoms with Crippen LogP contribution in [0.25, 0.3) is 0 Å². The van der Waals surface area contributed by atoms with E-state index >= 15 is 0 Å². The fraction of sp³-hybridized carbons (Fsp3) is 0.600. The van der Waals surface area contributed by atoms with E-state index in [9.17, 15) is 4.79 Å². The standard InChI is InChI=1S/C15H23N3O2/c1-2-20-15-13(8-5-9-17-15)18-14(19)12-7-4-3-6-11(12)10-16/h5,8-9,11-12H,2-4,6-7,10,16H2,1H3,(H,18,19). The summed E-state index contributed by atoms with van der Waals surface area (Å²) < 4.78 is 5.43. The quantitative estimate of drug-likeness (QED) is 0.865. The van der Waals surface area contributed by atoms with Crippen LogP contribution in [0.5, 0.6) is 5.88 Å². The lowest BCUT2D eigenvalue weighted by Gasteiger charge is -2.29. The second kappa shape index (κ2) is 7.24. The van der Waals surface area contributed by atoms with Gasteiger partial charge in [0.15, 0.2) is 0 Å². The molecule has 2 atom stereocenters. The highest BCUT2D eigenvalue weighted by molar-refractivity contribution is 5.93. The van der Waals surface area contributed by atoms with Crippen LogP contribution in [0, 0.1) is 11.8 Å². The molecule has 0 aromatic carbocycles. The van der Waals surface area contributed by atoms with Crippen LogP contribution in [0.3, 0.4) is 0 Å². The summed E-state index contributed by atoms with van der Waals surface area (Å²) in [6, 6.07) is 3.61. The number of carbonyl (C=O) groups excluding carboxylic acids is 1. The number of aromatic nitrogens is 1. The molecule has 5 nitrogen and oxygen atoms in total. The van der Waals surface area contributed by atoms with Gasteiger partial charge < -0.3 is 15.8 Å². The van der Waals surface area contributed by atoms with Gasteiger partial charge in [-0.2, -0.15) is 0 Å². The first-order valence-corrected chi connectivity index (χ1v) is 7.35. The maximum atomic E-state index is 12.4. The molecule has 5 heteroatoms. The Labute approximate surface area is 119 Å². The van der Waals surface area contributed by atoms with Gasteiger partial charge in [0, 0.05) is 12.1 Å². The van der Waals surface area contributed by atoms with Crippen LogP contribution < -0.4 is 15.8 Å². The van der Waals surface area contributed by atoms with Crippen LogP contribution in [0.15, 0.2) is 18.3 Å². The zero-order valence-electron chi connectivity index (χ0n) is 12.0. The van der Waals surface area contributed by atoms with Gasteiger partial charge in [-0.1, -0.05) is 12.8 Å². The number of carbonyl (C=O) groups is 1. The average Bonchev–Trinajstić information content (AvgIpc) is 2.49. The van der Waals surface area contributed by atoms with Crippen molar-refractivity contribution in [3.8, 4) is 5.88 Å². The van der Waals surface area contributed by atoms with Gasteiger partial charge in [0.2, 0.25) is 11.8 Å². The molecule has 2 rings (SSSR count). The predicted octanol–water partition coefficient (Wildman–Crippen LogP) is 2.18. The van der Waals surface area contributed by atoms with Crippen molar-refractivity contribution in [2.45, 2.75) is 32.6 Å². The van der Waals surface area contributed by atoms with Crippen LogP contribution in [-0.2, 0) is 4.79 Å². The van der Waals surface area contributed by atoms with Crippen molar-refractivity contribution in [2.75, 3.05) is 18.5 Å². The van der Waals surface area contributed by atoms with Crippen LogP contribution in [0.2, 0.25) is 0 Å². The molecule has 1 aliphatic rings. The number of anilines is 1. The summed E-state index contributed by atoms with van der Waals surface area (Å²) in [6.07, 6.45) is 5.88. The van der Waals surface area contributed by atoms with Crippen LogP contribution >= 0.6 is 0 Å². The van der Waals surface area contributed by atoms with Gasteiger partial charge in [-0.25, -0.2) is 4.98 Å². The molecule has 20 heavy (non-hydrogen) atoms. The van der Waals surface area contributed by atoms with E-state index in [4.69, 9.17) is 10.5 Å². The number of hydrogen-bond acceptors (Lipinski definition) is 4. The van der Waals surface area contributed by atoms with E-state index in [-0.39, 0.29) is 17.7 Å². The SMILES string of the molecule is CCOc1ncccc1NC(=O)C1CCCCC1CN. The Balaban J connectivity index is 2.07. The van der Waals surface area contributed by atoms with Gasteiger partial charge >= 0.3 is 0 Å². The Morgan fingerprint density at radius 3 is 3.05 bits per heavy atom. The third-order valence-corrected chi connectivity index (χ3v) is 3.86. The average molecular weight is 277 g/mol. The summed E-state index contributed by atoms with van der Waals surface area (Å²) in [5.74, 6) is 0.803. The zero-order valence-corrected chi connectivity index (χ0v) is 12.0. The van der Waals surface area contributed by atoms with Gasteiger partial charge in [-0.05, 0) is 44.4 Å². The Kier molecular flexibility index (Phi) is 5.35. The predicted molar refractivity (Wildman–Crippen MR) is 78.5 cm³/mol. The van der Waals surface area contributed by atoms with Gasteiger partial charge in [0.25, 0.3) is 0 Å². The van der Waals surface area contributed by atoms with Crippen molar-refractivity contribution >= 4 is 11.6 Å². The minimum Gasteiger partial charge on any atom is -0.476 e. The minimum atomic E-state index is 0.00318. The Hall–Kier alpha value is -1.62. The molecule has 1 fully saturated rings. The molecule has 1 aromatic rings. The third-order valence-electron chi connectivity index (χ3n) is 3.86. The smallest absolute Gasteiger partial charge is 0.237 e. The molecule has 2 unspecified atom stereocenters. The van der Waals surface area contributed by atoms with E-state index in [1.165, 1.54) is 6.42 Å². The summed E-state index contributed by atoms with van der Waals surface area (Å²) in [7, 11) is 0. The lowest BCUT2D eigenvalue weighted by molar-refractivity contribution is -0.122. The largest absolute Gasteiger partial charge is 0.476 e. The summed E-state index contributed by atoms with van der Waals surface area (Å²) in [5, 5.41) is 2.95. The fourth-order valence-corrected chi connectivity index (χ4v) is 2.80. The number of nitrogens with zero attached hydrogens (tertiary/aromatic N) is 1. The first kappa shape index (κ1) is 14.8. The third kappa shape index (κ3) is 3.48. The van der Waals surface area contributed by atoms with Crippen molar-refractivity contribution < 1.29 is 9.53 Å². The Morgan fingerprint density at radius 1 is 1.50 bits per heavy atom. The monoisotopic (exact) mass is 277 g/mol. The van der Waals surface area contributed by atoms with Crippen molar-refractivity contribution in [1.82, 2.24) is 4.98 Å². The maximum Gasteiger partial charge on any atom is 0.237 e. The number of pyridine rings is 1. The molecular weight excluding hydrogens is 254 g/mol. The fourth-order valence-electron chi connectivity index (χ4n) is 2.80. The number of amides is 1. The number of rotatable bonds is 5. The second-order valence-corrected chi connectivity index (χ2v) is 5.17. The molecule has 1 saturated carbocycles. The minimum absolute atomic E-state index is 0.00318. The first-order valence-electron chi connectivity index (χ1n) is 7.35. The van der Waals surface area contributed by atoms with Gasteiger partial charge in [-0.15, -0.1) is 0 Å². The maximum absolute atomic E-state index is 12.4. The van der Waals surface area contributed by atoms with Gasteiger partial charge in [0.1, 0.15) is 5.69 Å². The molecular formula is C15H23N3O2. The molecule has 0 aliphatic heterocycles. The number of ether oxygens (including phenoxy) is 1. The highest BCUT2D eigenvalue weighted by Gasteiger charge is 2.30. The molecule has 0 radical (unpaired) electrons. The lowest BCUT2D eigenvalue weighted by atomic mass is 9.78. The number of nitrogens with two attached hydrogens (primary N) is 1. The lowest BCUT2D eigenvalue weighted by Crippen LogP contribution is -2.35. The summed E-state index contributed by atoms with van der Waals surface area (Å²) in [4.78, 5) is 16.6. The normalized spacial score (nSPS) is 22.3. The molecule has 1 heterocycles. The zero-order chi connectivity index (χ0) is 14.4. The number of nitrogens with one attached hydrogen (secondary N) is 1. The van der Waals surface area contributed by atoms with Gasteiger partial charge in [-0.3, -0.25) is 4.79 Å². The topological polar surface area (TPSA) is 77.2 Å². The van der Waals surface area contributed by atoms with Crippen molar-refractivity contribution in [3.63, 3.8) is 0 Å². The van der Waals surface area contributed by atoms with E-state index in [2.05, 4.69) is 10.3 Å². The van der Waals surface area contributed by atoms with E-state index < -0.39 is 0 Å². The van der Waals surface area contributed by atoms with Crippen molar-refractivity contribution in [3.05, 3.63) is 18.3 Å². The first-order chi connectivity index (χ1) is 9.76. The highest BCUT2D eigenvalue weighted by atomic mass is 16.5. The molecule has 1 aliphatic carbocycles. The van der Waals surface area contributed by atoms with E-state index in [1.807, 2.05) is 13.0 Å². The van der Waals surface area contributed by atoms with E-state index in [0.29, 0.717) is 24.7 Å². The molecule has 1 amide bonds. The Morgan fingerprint density at radius 2 is 2.30 bits per heavy atom. The molecule has 110 valence electrons. The summed E-state index contributed by atoms with van der Waals surface area (Å²) >= 11 is 0. The molecule has 0 saturated heterocycles. The Bertz CT molecular complexity index is 450. The van der Waals surface area contributed by atoms with E-state index in [0.717, 1.165) is 19.3 Å². The number of hydrogen-bond donors (Lipinski definition) is 2. The van der Waals surface area contributed by atoms with Crippen LogP contribution in [0.1, 0.15) is 32.6 Å². The van der Waals surface area contributed by atoms with E-state index in [1.54, 1.807) is 12.3 Å². The molecule has 0 spiro atoms. The molecule has 3 N–H and O–H groups in total. The second-order valence-electron chi connectivity index (χ2n) is 5.17. The highest BCUT2D eigenvalue weighted by Crippen LogP contribution is 2.31. The van der Waals surface area contributed by atoms with Crippen LogP contribution in [-0.4, -0.2) is 24.0 Å². The summed E-state index contributed by atoms with van der Waals surface area (Å²) in [5.41, 5.74) is 6.42.